The van der Waals surface area contributed by atoms with Crippen molar-refractivity contribution in [2.24, 2.45) is 0 Å². The van der Waals surface area contributed by atoms with Gasteiger partial charge in [0.1, 0.15) is 0 Å². The van der Waals surface area contributed by atoms with Crippen molar-refractivity contribution in [3.63, 3.8) is 0 Å². The van der Waals surface area contributed by atoms with Gasteiger partial charge >= 0.3 is 0 Å². The Morgan fingerprint density at radius 1 is 1.04 bits per heavy atom. The second-order valence-corrected chi connectivity index (χ2v) is 7.36. The summed E-state index contributed by atoms with van der Waals surface area (Å²) in [5, 5.41) is 12.1. The Morgan fingerprint density at radius 3 is 2.32 bits per heavy atom. The average molecular weight is 412 g/mol. The second kappa shape index (κ2) is 10.0. The van der Waals surface area contributed by atoms with Crippen molar-refractivity contribution in [2.75, 3.05) is 5.43 Å². The van der Waals surface area contributed by atoms with Gasteiger partial charge in [-0.25, -0.2) is 4.68 Å². The van der Waals surface area contributed by atoms with Gasteiger partial charge in [0, 0.05) is 12.2 Å². The lowest BCUT2D eigenvalue weighted by molar-refractivity contribution is -0.119. The fourth-order valence-corrected chi connectivity index (χ4v) is 3.61. The zero-order valence-corrected chi connectivity index (χ0v) is 17.1. The minimum atomic E-state index is -0.173. The van der Waals surface area contributed by atoms with E-state index in [4.69, 9.17) is 12.2 Å². The van der Waals surface area contributed by atoms with Gasteiger partial charge in [0.05, 0.1) is 6.42 Å². The van der Waals surface area contributed by atoms with Gasteiger partial charge in [-0.2, -0.15) is 0 Å². The number of nitrogens with one attached hydrogen (secondary N) is 2. The molecule has 0 aliphatic carbocycles. The van der Waals surface area contributed by atoms with Crippen molar-refractivity contribution in [3.05, 3.63) is 77.6 Å². The van der Waals surface area contributed by atoms with E-state index in [1.165, 1.54) is 5.56 Å². The van der Waals surface area contributed by atoms with Crippen LogP contribution in [0.3, 0.4) is 0 Å². The Labute approximate surface area is 173 Å². The van der Waals surface area contributed by atoms with Crippen molar-refractivity contribution >= 4 is 35.0 Å². The Balaban J connectivity index is 1.61. The molecule has 1 amide bonds. The highest BCUT2D eigenvalue weighted by molar-refractivity contribution is 7.98. The van der Waals surface area contributed by atoms with Crippen LogP contribution in [-0.2, 0) is 23.4 Å². The van der Waals surface area contributed by atoms with E-state index in [1.54, 1.807) is 16.4 Å². The molecule has 3 rings (SSSR count). The van der Waals surface area contributed by atoms with Gasteiger partial charge < -0.3 is 5.32 Å². The van der Waals surface area contributed by atoms with Gasteiger partial charge in [-0.1, -0.05) is 79.3 Å². The van der Waals surface area contributed by atoms with Crippen molar-refractivity contribution in [2.45, 2.75) is 30.7 Å². The number of thioether (sulfide) groups is 1. The monoisotopic (exact) mass is 411 g/mol. The van der Waals surface area contributed by atoms with Crippen molar-refractivity contribution in [1.29, 1.82) is 0 Å². The Kier molecular flexibility index (Phi) is 7.16. The third-order valence-electron chi connectivity index (χ3n) is 3.90. The standard InChI is InChI=1S/C20H21N5OS2/c1-2-17-22-23-20(28-14-16-11-7-4-8-12-16)25(17)24-19(27)21-18(26)13-15-9-5-3-6-10-15/h3-12H,2,13-14H2,1H3,(H2,21,24,26,27). The normalized spacial score (nSPS) is 10.5. The van der Waals surface area contributed by atoms with Crippen LogP contribution in [0.15, 0.2) is 65.8 Å². The molecule has 1 heterocycles. The highest BCUT2D eigenvalue weighted by Crippen LogP contribution is 2.21. The molecule has 6 nitrogen and oxygen atoms in total. The first kappa shape index (κ1) is 20.0. The fraction of sp³-hybridized carbons (Fsp3) is 0.200. The summed E-state index contributed by atoms with van der Waals surface area (Å²) in [4.78, 5) is 12.2. The number of aryl methyl sites for hydroxylation is 1. The van der Waals surface area contributed by atoms with E-state index in [0.29, 0.717) is 11.6 Å². The number of hydrogen-bond donors (Lipinski definition) is 2. The number of carbonyl (C=O) groups excluding carboxylic acids is 1. The first-order chi connectivity index (χ1) is 13.7. The zero-order valence-electron chi connectivity index (χ0n) is 15.5. The second-order valence-electron chi connectivity index (χ2n) is 6.01. The maximum absolute atomic E-state index is 12.2. The summed E-state index contributed by atoms with van der Waals surface area (Å²) in [6.07, 6.45) is 0.952. The van der Waals surface area contributed by atoms with E-state index in [0.717, 1.165) is 17.1 Å². The van der Waals surface area contributed by atoms with Crippen LogP contribution in [0, 0.1) is 0 Å². The number of nitrogens with zero attached hydrogens (tertiary/aromatic N) is 3. The summed E-state index contributed by atoms with van der Waals surface area (Å²) in [7, 11) is 0. The molecule has 2 N–H and O–H groups in total. The molecule has 0 atom stereocenters. The summed E-state index contributed by atoms with van der Waals surface area (Å²) in [6, 6.07) is 19.7. The smallest absolute Gasteiger partial charge is 0.230 e. The van der Waals surface area contributed by atoms with Crippen molar-refractivity contribution < 1.29 is 4.79 Å². The predicted molar refractivity (Wildman–Crippen MR) is 116 cm³/mol. The molecular formula is C20H21N5OS2. The van der Waals surface area contributed by atoms with E-state index in [2.05, 4.69) is 33.1 Å². The first-order valence-corrected chi connectivity index (χ1v) is 10.3. The summed E-state index contributed by atoms with van der Waals surface area (Å²) < 4.78 is 1.73. The molecule has 0 unspecified atom stereocenters. The van der Waals surface area contributed by atoms with E-state index in [9.17, 15) is 4.79 Å². The van der Waals surface area contributed by atoms with Crippen LogP contribution in [0.1, 0.15) is 23.9 Å². The van der Waals surface area contributed by atoms with Crippen LogP contribution in [0.4, 0.5) is 0 Å². The predicted octanol–water partition coefficient (Wildman–Crippen LogP) is 3.32. The van der Waals surface area contributed by atoms with Gasteiger partial charge in [-0.05, 0) is 23.3 Å². The summed E-state index contributed by atoms with van der Waals surface area (Å²) in [6.45, 7) is 1.99. The third-order valence-corrected chi connectivity index (χ3v) is 5.09. The molecule has 0 fully saturated rings. The fourth-order valence-electron chi connectivity index (χ4n) is 2.54. The quantitative estimate of drug-likeness (QED) is 0.459. The lowest BCUT2D eigenvalue weighted by Crippen LogP contribution is -2.39. The van der Waals surface area contributed by atoms with Crippen LogP contribution in [-0.4, -0.2) is 25.9 Å². The Morgan fingerprint density at radius 2 is 1.68 bits per heavy atom. The Hall–Kier alpha value is -2.71. The number of benzene rings is 2. The SMILES string of the molecule is CCc1nnc(SCc2ccccc2)n1NC(=S)NC(=O)Cc1ccccc1. The van der Waals surface area contributed by atoms with Crippen LogP contribution in [0.5, 0.6) is 0 Å². The molecule has 0 aliphatic heterocycles. The number of amides is 1. The summed E-state index contributed by atoms with van der Waals surface area (Å²) in [5.74, 6) is 1.33. The minimum absolute atomic E-state index is 0.173. The molecule has 0 spiro atoms. The topological polar surface area (TPSA) is 71.8 Å². The van der Waals surface area contributed by atoms with Crippen LogP contribution >= 0.6 is 24.0 Å². The van der Waals surface area contributed by atoms with Gasteiger partial charge in [0.25, 0.3) is 0 Å². The van der Waals surface area contributed by atoms with Gasteiger partial charge in [0.15, 0.2) is 10.9 Å². The number of thiocarbonyl (C=S) groups is 1. The minimum Gasteiger partial charge on any atom is -0.302 e. The summed E-state index contributed by atoms with van der Waals surface area (Å²) in [5.41, 5.74) is 5.16. The molecule has 28 heavy (non-hydrogen) atoms. The molecule has 0 radical (unpaired) electrons. The number of hydrogen-bond acceptors (Lipinski definition) is 5. The molecule has 0 saturated carbocycles. The molecule has 0 aliphatic rings. The van der Waals surface area contributed by atoms with E-state index in [1.807, 2.05) is 55.5 Å². The van der Waals surface area contributed by atoms with Crippen LogP contribution < -0.4 is 10.7 Å². The third kappa shape index (κ3) is 5.64. The molecule has 1 aromatic heterocycles. The number of aromatic nitrogens is 3. The van der Waals surface area contributed by atoms with Crippen LogP contribution in [0.25, 0.3) is 0 Å². The lowest BCUT2D eigenvalue weighted by Gasteiger charge is -2.13. The van der Waals surface area contributed by atoms with E-state index >= 15 is 0 Å². The largest absolute Gasteiger partial charge is 0.302 e. The molecule has 0 saturated heterocycles. The molecule has 2 aromatic carbocycles. The first-order valence-electron chi connectivity index (χ1n) is 8.91. The van der Waals surface area contributed by atoms with E-state index < -0.39 is 0 Å². The summed E-state index contributed by atoms with van der Waals surface area (Å²) >= 11 is 6.86. The highest BCUT2D eigenvalue weighted by Gasteiger charge is 2.14. The number of carbonyl (C=O) groups is 1. The van der Waals surface area contributed by atoms with E-state index in [-0.39, 0.29) is 17.4 Å². The average Bonchev–Trinajstić information content (AvgIpc) is 3.09. The highest BCUT2D eigenvalue weighted by atomic mass is 32.2. The van der Waals surface area contributed by atoms with Crippen molar-refractivity contribution in [1.82, 2.24) is 20.2 Å². The van der Waals surface area contributed by atoms with Gasteiger partial charge in [-0.3, -0.25) is 10.2 Å². The van der Waals surface area contributed by atoms with Gasteiger partial charge in [-0.15, -0.1) is 10.2 Å². The maximum Gasteiger partial charge on any atom is 0.230 e. The lowest BCUT2D eigenvalue weighted by atomic mass is 10.1. The molecule has 8 heteroatoms. The van der Waals surface area contributed by atoms with Crippen molar-refractivity contribution in [3.8, 4) is 0 Å². The molecular weight excluding hydrogens is 390 g/mol. The molecule has 0 bridgehead atoms. The zero-order chi connectivity index (χ0) is 19.8. The van der Waals surface area contributed by atoms with Crippen LogP contribution in [0.2, 0.25) is 0 Å². The molecule has 3 aromatic rings. The van der Waals surface area contributed by atoms with Gasteiger partial charge in [0.2, 0.25) is 11.1 Å². The maximum atomic E-state index is 12.2. The number of rotatable bonds is 7. The molecule has 144 valence electrons. The Bertz CT molecular complexity index is 928.